The van der Waals surface area contributed by atoms with Gasteiger partial charge in [-0.15, -0.1) is 0 Å². The number of fused-ring (bicyclic) bond motifs is 1. The van der Waals surface area contributed by atoms with Crippen LogP contribution >= 0.6 is 0 Å². The van der Waals surface area contributed by atoms with E-state index >= 15 is 0 Å². The summed E-state index contributed by atoms with van der Waals surface area (Å²) in [7, 11) is 0. The van der Waals surface area contributed by atoms with Crippen LogP contribution in [0.4, 0.5) is 0 Å². The van der Waals surface area contributed by atoms with E-state index in [1.54, 1.807) is 0 Å². The molecular weight excluding hydrogens is 316 g/mol. The molecule has 25 heavy (non-hydrogen) atoms. The van der Waals surface area contributed by atoms with Crippen LogP contribution in [0.15, 0.2) is 24.3 Å². The van der Waals surface area contributed by atoms with Crippen molar-refractivity contribution >= 4 is 11.8 Å². The molecule has 1 atom stereocenters. The molecule has 1 aromatic rings. The molecule has 0 saturated carbocycles. The molecule has 0 aliphatic carbocycles. The molecule has 1 saturated heterocycles. The van der Waals surface area contributed by atoms with Crippen LogP contribution in [0.3, 0.4) is 0 Å². The van der Waals surface area contributed by atoms with Gasteiger partial charge in [-0.25, -0.2) is 0 Å². The van der Waals surface area contributed by atoms with Gasteiger partial charge in [0.25, 0.3) is 0 Å². The molecule has 0 spiro atoms. The summed E-state index contributed by atoms with van der Waals surface area (Å²) in [6.07, 6.45) is 6.03. The van der Waals surface area contributed by atoms with E-state index in [4.69, 9.17) is 4.74 Å². The van der Waals surface area contributed by atoms with Crippen LogP contribution in [-0.4, -0.2) is 43.0 Å². The van der Waals surface area contributed by atoms with Gasteiger partial charge in [0.05, 0.1) is 19.1 Å². The van der Waals surface area contributed by atoms with E-state index in [0.29, 0.717) is 26.0 Å². The highest BCUT2D eigenvalue weighted by atomic mass is 16.5. The van der Waals surface area contributed by atoms with Gasteiger partial charge in [0.15, 0.2) is 0 Å². The lowest BCUT2D eigenvalue weighted by molar-refractivity contribution is -0.131. The average molecular weight is 344 g/mol. The third kappa shape index (κ3) is 5.05. The van der Waals surface area contributed by atoms with E-state index in [2.05, 4.69) is 11.4 Å². The number of nitrogens with one attached hydrogen (secondary N) is 1. The third-order valence-electron chi connectivity index (χ3n) is 5.08. The predicted molar refractivity (Wildman–Crippen MR) is 96.1 cm³/mol. The van der Waals surface area contributed by atoms with Gasteiger partial charge in [0.2, 0.25) is 11.8 Å². The normalized spacial score (nSPS) is 20.5. The summed E-state index contributed by atoms with van der Waals surface area (Å²) >= 11 is 0. The smallest absolute Gasteiger partial charge is 0.224 e. The number of ether oxygens (including phenoxy) is 1. The Labute approximate surface area is 149 Å². The lowest BCUT2D eigenvalue weighted by Crippen LogP contribution is -2.35. The highest BCUT2D eigenvalue weighted by Gasteiger charge is 2.23. The van der Waals surface area contributed by atoms with Crippen LogP contribution in [-0.2, 0) is 20.7 Å². The molecule has 1 fully saturated rings. The molecule has 5 heteroatoms. The van der Waals surface area contributed by atoms with E-state index in [9.17, 15) is 9.59 Å². The van der Waals surface area contributed by atoms with Gasteiger partial charge >= 0.3 is 0 Å². The monoisotopic (exact) mass is 344 g/mol. The molecule has 1 aromatic carbocycles. The van der Waals surface area contributed by atoms with Crippen LogP contribution in [0.1, 0.15) is 55.8 Å². The van der Waals surface area contributed by atoms with Crippen LogP contribution in [0.25, 0.3) is 0 Å². The fourth-order valence-corrected chi connectivity index (χ4v) is 3.67. The van der Waals surface area contributed by atoms with Crippen LogP contribution in [0.5, 0.6) is 0 Å². The second-order valence-corrected chi connectivity index (χ2v) is 6.91. The lowest BCUT2D eigenvalue weighted by Gasteiger charge is -2.25. The van der Waals surface area contributed by atoms with Crippen molar-refractivity contribution in [2.75, 3.05) is 26.2 Å². The third-order valence-corrected chi connectivity index (χ3v) is 5.08. The first kappa shape index (κ1) is 17.9. The van der Waals surface area contributed by atoms with Crippen molar-refractivity contribution in [3.8, 4) is 0 Å². The molecule has 2 aliphatic rings. The number of carbonyl (C=O) groups excluding carboxylic acids is 2. The molecule has 0 bridgehead atoms. The molecule has 2 amide bonds. The molecule has 2 aliphatic heterocycles. The zero-order valence-electron chi connectivity index (χ0n) is 14.8. The van der Waals surface area contributed by atoms with Gasteiger partial charge < -0.3 is 15.0 Å². The molecule has 2 heterocycles. The van der Waals surface area contributed by atoms with E-state index in [1.807, 2.05) is 23.1 Å². The number of benzene rings is 1. The molecule has 5 nitrogen and oxygen atoms in total. The standard InChI is InChI=1S/C20H28N2O3/c23-19(15-18-17-8-4-3-7-16(17)10-14-25-18)21-11-9-20(24)22-12-5-1-2-6-13-22/h3-4,7-8,18H,1-2,5-6,9-15H2,(H,21,23)/t18-/m1/s1. The number of hydrogen-bond acceptors (Lipinski definition) is 3. The first-order chi connectivity index (χ1) is 12.2. The predicted octanol–water partition coefficient (Wildman–Crippen LogP) is 2.60. The van der Waals surface area contributed by atoms with Crippen LogP contribution < -0.4 is 5.32 Å². The van der Waals surface area contributed by atoms with Crippen molar-refractivity contribution in [2.45, 2.75) is 51.0 Å². The second kappa shape index (κ2) is 8.99. The Kier molecular flexibility index (Phi) is 6.45. The summed E-state index contributed by atoms with van der Waals surface area (Å²) in [5.74, 6) is 0.104. The topological polar surface area (TPSA) is 58.6 Å². The van der Waals surface area contributed by atoms with Crippen molar-refractivity contribution in [1.29, 1.82) is 0 Å². The number of hydrogen-bond donors (Lipinski definition) is 1. The summed E-state index contributed by atoms with van der Waals surface area (Å²) in [5.41, 5.74) is 2.38. The number of rotatable bonds is 5. The second-order valence-electron chi connectivity index (χ2n) is 6.91. The molecule has 0 radical (unpaired) electrons. The first-order valence-electron chi connectivity index (χ1n) is 9.48. The minimum absolute atomic E-state index is 0.0506. The van der Waals surface area contributed by atoms with Gasteiger partial charge in [-0.05, 0) is 30.4 Å². The molecule has 136 valence electrons. The summed E-state index contributed by atoms with van der Waals surface area (Å²) in [6, 6.07) is 8.14. The van der Waals surface area contributed by atoms with Gasteiger partial charge in [-0.2, -0.15) is 0 Å². The van der Waals surface area contributed by atoms with Crippen molar-refractivity contribution < 1.29 is 14.3 Å². The molecule has 3 rings (SSSR count). The van der Waals surface area contributed by atoms with E-state index in [0.717, 1.165) is 37.9 Å². The Balaban J connectivity index is 1.42. The molecule has 1 N–H and O–H groups in total. The largest absolute Gasteiger partial charge is 0.373 e. The maximum Gasteiger partial charge on any atom is 0.224 e. The average Bonchev–Trinajstić information content (AvgIpc) is 2.91. The van der Waals surface area contributed by atoms with Crippen molar-refractivity contribution in [3.05, 3.63) is 35.4 Å². The fourth-order valence-electron chi connectivity index (χ4n) is 3.67. The quantitative estimate of drug-likeness (QED) is 0.893. The van der Waals surface area contributed by atoms with E-state index < -0.39 is 0 Å². The zero-order chi connectivity index (χ0) is 17.5. The maximum absolute atomic E-state index is 12.2. The Hall–Kier alpha value is -1.88. The number of amides is 2. The summed E-state index contributed by atoms with van der Waals surface area (Å²) in [6.45, 7) is 2.78. The minimum Gasteiger partial charge on any atom is -0.373 e. The van der Waals surface area contributed by atoms with Gasteiger partial charge in [0, 0.05) is 26.1 Å². The van der Waals surface area contributed by atoms with Gasteiger partial charge in [-0.3, -0.25) is 9.59 Å². The number of likely N-dealkylation sites (tertiary alicyclic amines) is 1. The van der Waals surface area contributed by atoms with Crippen LogP contribution in [0.2, 0.25) is 0 Å². The van der Waals surface area contributed by atoms with Crippen molar-refractivity contribution in [2.24, 2.45) is 0 Å². The zero-order valence-corrected chi connectivity index (χ0v) is 14.8. The highest BCUT2D eigenvalue weighted by molar-refractivity contribution is 5.79. The Morgan fingerprint density at radius 2 is 1.88 bits per heavy atom. The number of nitrogens with zero attached hydrogens (tertiary/aromatic N) is 1. The Morgan fingerprint density at radius 3 is 2.68 bits per heavy atom. The summed E-state index contributed by atoms with van der Waals surface area (Å²) in [5, 5.41) is 2.88. The summed E-state index contributed by atoms with van der Waals surface area (Å²) < 4.78 is 5.78. The Morgan fingerprint density at radius 1 is 1.12 bits per heavy atom. The Bertz CT molecular complexity index is 594. The lowest BCUT2D eigenvalue weighted by atomic mass is 9.95. The first-order valence-corrected chi connectivity index (χ1v) is 9.48. The minimum atomic E-state index is -0.175. The summed E-state index contributed by atoms with van der Waals surface area (Å²) in [4.78, 5) is 26.4. The molecule has 0 unspecified atom stereocenters. The number of carbonyl (C=O) groups is 2. The maximum atomic E-state index is 12.2. The molecular formula is C20H28N2O3. The van der Waals surface area contributed by atoms with Crippen LogP contribution in [0, 0.1) is 0 Å². The van der Waals surface area contributed by atoms with Gasteiger partial charge in [-0.1, -0.05) is 37.1 Å². The SMILES string of the molecule is O=C(C[C@H]1OCCc2ccccc21)NCCC(=O)N1CCCCCC1. The van der Waals surface area contributed by atoms with E-state index in [-0.39, 0.29) is 17.9 Å². The molecule has 0 aromatic heterocycles. The fraction of sp³-hybridized carbons (Fsp3) is 0.600. The van der Waals surface area contributed by atoms with Crippen molar-refractivity contribution in [3.63, 3.8) is 0 Å². The van der Waals surface area contributed by atoms with Gasteiger partial charge in [0.1, 0.15) is 0 Å². The van der Waals surface area contributed by atoms with E-state index in [1.165, 1.54) is 18.4 Å². The highest BCUT2D eigenvalue weighted by Crippen LogP contribution is 2.29. The van der Waals surface area contributed by atoms with Crippen molar-refractivity contribution in [1.82, 2.24) is 10.2 Å².